The molecule has 0 saturated heterocycles. The first-order valence-electron chi connectivity index (χ1n) is 6.77. The van der Waals surface area contributed by atoms with Crippen molar-refractivity contribution in [1.29, 1.82) is 0 Å². The zero-order valence-electron chi connectivity index (χ0n) is 10.7. The van der Waals surface area contributed by atoms with Crippen LogP contribution in [-0.4, -0.2) is 5.54 Å². The number of anilines is 1. The molecule has 2 aromatic carbocycles. The summed E-state index contributed by atoms with van der Waals surface area (Å²) in [6, 6.07) is 13.1. The molecule has 1 heterocycles. The van der Waals surface area contributed by atoms with E-state index in [9.17, 15) is 0 Å². The van der Waals surface area contributed by atoms with Crippen LogP contribution in [0.2, 0.25) is 0 Å². The molecule has 18 heavy (non-hydrogen) atoms. The summed E-state index contributed by atoms with van der Waals surface area (Å²) in [6.07, 6.45) is 6.24. The van der Waals surface area contributed by atoms with Crippen molar-refractivity contribution in [2.45, 2.75) is 31.7 Å². The van der Waals surface area contributed by atoms with Crippen LogP contribution in [-0.2, 0) is 0 Å². The minimum Gasteiger partial charge on any atom is -0.376 e. The monoisotopic (exact) mass is 235 g/mol. The van der Waals surface area contributed by atoms with Crippen molar-refractivity contribution in [3.63, 3.8) is 0 Å². The molecule has 4 rings (SSSR count). The lowest BCUT2D eigenvalue weighted by molar-refractivity contribution is 0.611. The first-order valence-corrected chi connectivity index (χ1v) is 6.77. The lowest BCUT2D eigenvalue weighted by Crippen LogP contribution is -2.35. The van der Waals surface area contributed by atoms with E-state index in [0.717, 1.165) is 0 Å². The highest BCUT2D eigenvalue weighted by molar-refractivity contribution is 5.97. The number of fused-ring (bicyclic) bond motifs is 4. The van der Waals surface area contributed by atoms with E-state index in [0.29, 0.717) is 0 Å². The molecule has 1 saturated carbocycles. The van der Waals surface area contributed by atoms with Crippen molar-refractivity contribution in [2.75, 3.05) is 5.32 Å². The van der Waals surface area contributed by atoms with Gasteiger partial charge in [-0.3, -0.25) is 0 Å². The van der Waals surface area contributed by atoms with Crippen molar-refractivity contribution in [3.8, 4) is 0 Å². The maximum absolute atomic E-state index is 3.76. The molecule has 0 amide bonds. The average molecular weight is 235 g/mol. The van der Waals surface area contributed by atoms with Gasteiger partial charge in [0.05, 0.1) is 5.54 Å². The fraction of sp³-hybridized carbons (Fsp3) is 0.294. The molecule has 1 nitrogen and oxygen atoms in total. The molecule has 1 aliphatic carbocycles. The molecule has 0 spiro atoms. The van der Waals surface area contributed by atoms with Gasteiger partial charge < -0.3 is 5.32 Å². The number of hydrogen-bond acceptors (Lipinski definition) is 1. The van der Waals surface area contributed by atoms with Gasteiger partial charge in [0.1, 0.15) is 0 Å². The van der Waals surface area contributed by atoms with E-state index in [1.54, 1.807) is 5.57 Å². The third-order valence-corrected chi connectivity index (χ3v) is 4.53. The molecule has 2 aromatic rings. The van der Waals surface area contributed by atoms with Gasteiger partial charge in [0.2, 0.25) is 0 Å². The van der Waals surface area contributed by atoms with Crippen LogP contribution in [0.25, 0.3) is 16.8 Å². The zero-order chi connectivity index (χ0) is 12.2. The number of rotatable bonds is 0. The molecule has 90 valence electrons. The molecule has 0 bridgehead atoms. The summed E-state index contributed by atoms with van der Waals surface area (Å²) in [5.41, 5.74) is 4.45. The predicted molar refractivity (Wildman–Crippen MR) is 77.8 cm³/mol. The first kappa shape index (κ1) is 10.2. The molecule has 1 aliphatic heterocycles. The molecule has 0 aromatic heterocycles. The van der Waals surface area contributed by atoms with Crippen LogP contribution in [0.5, 0.6) is 0 Å². The molecular weight excluding hydrogens is 218 g/mol. The summed E-state index contributed by atoms with van der Waals surface area (Å²) in [5.74, 6) is 0. The van der Waals surface area contributed by atoms with E-state index >= 15 is 0 Å². The van der Waals surface area contributed by atoms with Gasteiger partial charge in [-0.1, -0.05) is 36.4 Å². The van der Waals surface area contributed by atoms with Crippen LogP contribution >= 0.6 is 0 Å². The SMILES string of the molecule is CC12CCCC1=Cc1c(ccc3ccccc13)N2. The maximum Gasteiger partial charge on any atom is 0.0560 e. The van der Waals surface area contributed by atoms with E-state index in [-0.39, 0.29) is 5.54 Å². The topological polar surface area (TPSA) is 12.0 Å². The van der Waals surface area contributed by atoms with Gasteiger partial charge in [0.15, 0.2) is 0 Å². The Morgan fingerprint density at radius 1 is 1.11 bits per heavy atom. The summed E-state index contributed by atoms with van der Waals surface area (Å²) < 4.78 is 0. The van der Waals surface area contributed by atoms with Gasteiger partial charge >= 0.3 is 0 Å². The lowest BCUT2D eigenvalue weighted by atomic mass is 9.87. The van der Waals surface area contributed by atoms with Crippen LogP contribution in [0.15, 0.2) is 42.0 Å². The predicted octanol–water partition coefficient (Wildman–Crippen LogP) is 4.59. The minimum atomic E-state index is 0.204. The lowest BCUT2D eigenvalue weighted by Gasteiger charge is -2.34. The highest BCUT2D eigenvalue weighted by Gasteiger charge is 2.36. The Balaban J connectivity index is 2.02. The normalized spacial score (nSPS) is 25.3. The Morgan fingerprint density at radius 3 is 2.94 bits per heavy atom. The van der Waals surface area contributed by atoms with Gasteiger partial charge in [0.25, 0.3) is 0 Å². The van der Waals surface area contributed by atoms with Crippen LogP contribution in [0, 0.1) is 0 Å². The van der Waals surface area contributed by atoms with Crippen molar-refractivity contribution >= 4 is 22.5 Å². The quantitative estimate of drug-likeness (QED) is 0.704. The molecule has 0 radical (unpaired) electrons. The standard InChI is InChI=1S/C17H17N/c1-17-10-4-6-13(17)11-15-14-7-3-2-5-12(14)8-9-16(15)18-17/h2-3,5,7-9,11,18H,4,6,10H2,1H3. The van der Waals surface area contributed by atoms with Crippen molar-refractivity contribution in [1.82, 2.24) is 0 Å². The summed E-state index contributed by atoms with van der Waals surface area (Å²) in [6.45, 7) is 2.34. The summed E-state index contributed by atoms with van der Waals surface area (Å²) >= 11 is 0. The summed E-state index contributed by atoms with van der Waals surface area (Å²) in [5, 5.41) is 6.45. The van der Waals surface area contributed by atoms with E-state index in [4.69, 9.17) is 0 Å². The number of nitrogens with one attached hydrogen (secondary N) is 1. The van der Waals surface area contributed by atoms with Crippen LogP contribution < -0.4 is 5.32 Å². The van der Waals surface area contributed by atoms with Gasteiger partial charge in [-0.25, -0.2) is 0 Å². The van der Waals surface area contributed by atoms with Gasteiger partial charge in [0, 0.05) is 11.3 Å². The van der Waals surface area contributed by atoms with E-state index in [2.05, 4.69) is 54.7 Å². The van der Waals surface area contributed by atoms with E-state index in [1.807, 2.05) is 0 Å². The van der Waals surface area contributed by atoms with Gasteiger partial charge in [-0.05, 0) is 48.6 Å². The molecule has 1 fully saturated rings. The van der Waals surface area contributed by atoms with E-state index < -0.39 is 0 Å². The maximum atomic E-state index is 3.76. The van der Waals surface area contributed by atoms with Crippen molar-refractivity contribution in [2.24, 2.45) is 0 Å². The Labute approximate surface area is 108 Å². The average Bonchev–Trinajstić information content (AvgIpc) is 2.76. The summed E-state index contributed by atoms with van der Waals surface area (Å²) in [7, 11) is 0. The summed E-state index contributed by atoms with van der Waals surface area (Å²) in [4.78, 5) is 0. The van der Waals surface area contributed by atoms with Crippen LogP contribution in [0.4, 0.5) is 5.69 Å². The molecule has 1 heteroatoms. The van der Waals surface area contributed by atoms with Gasteiger partial charge in [-0.2, -0.15) is 0 Å². The molecule has 1 N–H and O–H groups in total. The molecular formula is C17H17N. The first-order chi connectivity index (χ1) is 8.76. The highest BCUT2D eigenvalue weighted by Crippen LogP contribution is 2.45. The van der Waals surface area contributed by atoms with Crippen LogP contribution in [0.1, 0.15) is 31.7 Å². The van der Waals surface area contributed by atoms with Crippen molar-refractivity contribution < 1.29 is 0 Å². The highest BCUT2D eigenvalue weighted by atomic mass is 15.0. The van der Waals surface area contributed by atoms with E-state index in [1.165, 1.54) is 41.3 Å². The number of benzene rings is 2. The second-order valence-corrected chi connectivity index (χ2v) is 5.73. The number of hydrogen-bond donors (Lipinski definition) is 1. The largest absolute Gasteiger partial charge is 0.376 e. The third-order valence-electron chi connectivity index (χ3n) is 4.53. The minimum absolute atomic E-state index is 0.204. The molecule has 2 aliphatic rings. The van der Waals surface area contributed by atoms with Crippen molar-refractivity contribution in [3.05, 3.63) is 47.5 Å². The smallest absolute Gasteiger partial charge is 0.0560 e. The Bertz CT molecular complexity index is 668. The second kappa shape index (κ2) is 3.38. The fourth-order valence-electron chi connectivity index (χ4n) is 3.47. The molecule has 1 unspecified atom stereocenters. The Morgan fingerprint density at radius 2 is 2.00 bits per heavy atom. The Kier molecular flexibility index (Phi) is 1.91. The molecule has 1 atom stereocenters. The second-order valence-electron chi connectivity index (χ2n) is 5.73. The fourth-order valence-corrected chi connectivity index (χ4v) is 3.47. The van der Waals surface area contributed by atoms with Crippen LogP contribution in [0.3, 0.4) is 0 Å². The Hall–Kier alpha value is -1.76. The zero-order valence-corrected chi connectivity index (χ0v) is 10.7. The third kappa shape index (κ3) is 1.28. The van der Waals surface area contributed by atoms with Gasteiger partial charge in [-0.15, -0.1) is 0 Å².